The number of nitrogens with two attached hydrogens (primary N) is 1. The molecule has 0 radical (unpaired) electrons. The zero-order chi connectivity index (χ0) is 20.0. The lowest BCUT2D eigenvalue weighted by Gasteiger charge is -2.10. The first-order valence-electron chi connectivity index (χ1n) is 8.29. The first kappa shape index (κ1) is 23.0. The maximum Gasteiger partial charge on any atom is 0.271 e. The van der Waals surface area contributed by atoms with Crippen molar-refractivity contribution in [3.63, 3.8) is 0 Å². The first-order valence-corrected chi connectivity index (χ1v) is 11.0. The van der Waals surface area contributed by atoms with Gasteiger partial charge in [0.15, 0.2) is 0 Å². The van der Waals surface area contributed by atoms with Gasteiger partial charge in [-0.2, -0.15) is 5.10 Å². The summed E-state index contributed by atoms with van der Waals surface area (Å²) in [4.78, 5) is 0. The van der Waals surface area contributed by atoms with Gasteiger partial charge in [-0.05, 0) is 35.4 Å². The Balaban J connectivity index is 0.00000300. The number of hydrazone groups is 1. The highest BCUT2D eigenvalue weighted by molar-refractivity contribution is 7.94. The van der Waals surface area contributed by atoms with E-state index in [-0.39, 0.29) is 16.6 Å². The predicted octanol–water partition coefficient (Wildman–Crippen LogP) is 4.54. The number of rotatable bonds is 8. The number of sulfonamides is 1. The van der Waals surface area contributed by atoms with Crippen molar-refractivity contribution in [2.24, 2.45) is 10.9 Å². The molecule has 0 aliphatic carbocycles. The quantitative estimate of drug-likeness (QED) is 0.286. The van der Waals surface area contributed by atoms with E-state index in [2.05, 4.69) is 9.82 Å². The Bertz CT molecular complexity index is 1070. The molecule has 0 aliphatic heterocycles. The van der Waals surface area contributed by atoms with Gasteiger partial charge in [-0.1, -0.05) is 41.9 Å². The minimum Gasteiger partial charge on any atom is -0.493 e. The van der Waals surface area contributed by atoms with E-state index >= 15 is 0 Å². The fraction of sp³-hybridized carbons (Fsp3) is 0.105. The van der Waals surface area contributed by atoms with Gasteiger partial charge in [-0.25, -0.2) is 8.42 Å². The third-order valence-electron chi connectivity index (χ3n) is 3.76. The van der Waals surface area contributed by atoms with Crippen molar-refractivity contribution in [3.8, 4) is 5.75 Å². The molecule has 29 heavy (non-hydrogen) atoms. The van der Waals surface area contributed by atoms with E-state index < -0.39 is 10.0 Å². The zero-order valence-electron chi connectivity index (χ0n) is 15.1. The summed E-state index contributed by atoms with van der Waals surface area (Å²) in [6, 6.07) is 17.7. The minimum atomic E-state index is -3.67. The third-order valence-corrected chi connectivity index (χ3v) is 6.87. The molecule has 2 aromatic carbocycles. The second-order valence-electron chi connectivity index (χ2n) is 5.81. The fourth-order valence-electron chi connectivity index (χ4n) is 2.44. The second-order valence-corrected chi connectivity index (χ2v) is 9.43. The van der Waals surface area contributed by atoms with Crippen LogP contribution < -0.4 is 15.3 Å². The molecule has 0 atom stereocenters. The van der Waals surface area contributed by atoms with Crippen LogP contribution in [0.1, 0.15) is 11.1 Å². The van der Waals surface area contributed by atoms with Crippen LogP contribution in [0.25, 0.3) is 0 Å². The molecule has 0 spiro atoms. The van der Waals surface area contributed by atoms with Gasteiger partial charge in [0.25, 0.3) is 10.0 Å². The Labute approximate surface area is 184 Å². The van der Waals surface area contributed by atoms with Crippen LogP contribution in [0.3, 0.4) is 0 Å². The number of thiophene rings is 1. The van der Waals surface area contributed by atoms with E-state index in [0.29, 0.717) is 28.8 Å². The molecule has 154 valence electrons. The van der Waals surface area contributed by atoms with Crippen LogP contribution in [-0.2, 0) is 16.4 Å². The fourth-order valence-corrected chi connectivity index (χ4v) is 4.97. The normalized spacial score (nSPS) is 11.2. The zero-order valence-corrected chi connectivity index (χ0v) is 18.3. The number of nitrogens with zero attached hydrogens (tertiary/aromatic N) is 1. The largest absolute Gasteiger partial charge is 0.493 e. The number of halogens is 2. The Morgan fingerprint density at radius 3 is 2.55 bits per heavy atom. The molecular formula is C19H19Cl2N3O3S2. The van der Waals surface area contributed by atoms with E-state index in [0.717, 1.165) is 22.5 Å². The summed E-state index contributed by atoms with van der Waals surface area (Å²) in [5.74, 6) is 5.71. The molecule has 6 nitrogen and oxygen atoms in total. The Morgan fingerprint density at radius 2 is 1.90 bits per heavy atom. The van der Waals surface area contributed by atoms with Gasteiger partial charge in [0.05, 0.1) is 22.8 Å². The van der Waals surface area contributed by atoms with Crippen molar-refractivity contribution >= 4 is 57.3 Å². The molecule has 0 saturated heterocycles. The number of hydrogen-bond donors (Lipinski definition) is 2. The number of nitrogens with one attached hydrogen (secondary N) is 1. The number of benzene rings is 2. The number of anilines is 1. The summed E-state index contributed by atoms with van der Waals surface area (Å²) in [7, 11) is -3.67. The SMILES string of the molecule is Cl.N/N=C\c1ccc(CCOc2cccc(NS(=O)(=O)c3ccc(Cl)s3)c2)cc1. The smallest absolute Gasteiger partial charge is 0.271 e. The van der Waals surface area contributed by atoms with Gasteiger partial charge in [0.1, 0.15) is 9.96 Å². The highest BCUT2D eigenvalue weighted by atomic mass is 35.5. The molecule has 0 bridgehead atoms. The first-order chi connectivity index (χ1) is 13.5. The lowest BCUT2D eigenvalue weighted by molar-refractivity contribution is 0.322. The van der Waals surface area contributed by atoms with Crippen LogP contribution in [0, 0.1) is 0 Å². The monoisotopic (exact) mass is 471 g/mol. The van der Waals surface area contributed by atoms with Crippen molar-refractivity contribution in [1.82, 2.24) is 0 Å². The molecule has 10 heteroatoms. The van der Waals surface area contributed by atoms with Gasteiger partial charge in [-0.15, -0.1) is 23.7 Å². The molecule has 3 N–H and O–H groups in total. The van der Waals surface area contributed by atoms with Crippen molar-refractivity contribution in [1.29, 1.82) is 0 Å². The van der Waals surface area contributed by atoms with E-state index in [9.17, 15) is 8.42 Å². The van der Waals surface area contributed by atoms with Crippen LogP contribution in [0.2, 0.25) is 4.34 Å². The van der Waals surface area contributed by atoms with E-state index in [4.69, 9.17) is 22.2 Å². The average Bonchev–Trinajstić information content (AvgIpc) is 3.11. The van der Waals surface area contributed by atoms with Gasteiger partial charge < -0.3 is 10.6 Å². The van der Waals surface area contributed by atoms with Crippen molar-refractivity contribution < 1.29 is 13.2 Å². The summed E-state index contributed by atoms with van der Waals surface area (Å²) in [6.07, 6.45) is 2.29. The molecule has 3 rings (SSSR count). The molecule has 0 amide bonds. The standard InChI is InChI=1S/C19H18ClN3O3S2.ClH/c20-18-8-9-19(27-18)28(24,25)23-16-2-1-3-17(12-16)26-11-10-14-4-6-15(7-5-14)13-22-21;/h1-9,12-13,23H,10-11,21H2;1H/b22-13-;. The van der Waals surface area contributed by atoms with Gasteiger partial charge in [0.2, 0.25) is 0 Å². The van der Waals surface area contributed by atoms with Crippen molar-refractivity contribution in [2.45, 2.75) is 10.6 Å². The lowest BCUT2D eigenvalue weighted by Crippen LogP contribution is -2.11. The second kappa shape index (κ2) is 10.5. The van der Waals surface area contributed by atoms with Crippen molar-refractivity contribution in [2.75, 3.05) is 11.3 Å². The van der Waals surface area contributed by atoms with Gasteiger partial charge in [0, 0.05) is 12.5 Å². The molecule has 0 aliphatic rings. The van der Waals surface area contributed by atoms with Crippen molar-refractivity contribution in [3.05, 3.63) is 76.1 Å². The van der Waals surface area contributed by atoms with E-state index in [1.54, 1.807) is 36.5 Å². The Hall–Kier alpha value is -2.26. The Morgan fingerprint density at radius 1 is 1.14 bits per heavy atom. The van der Waals surface area contributed by atoms with E-state index in [1.807, 2.05) is 24.3 Å². The van der Waals surface area contributed by atoms with Gasteiger partial charge in [-0.3, -0.25) is 4.72 Å². The Kier molecular flexibility index (Phi) is 8.33. The maximum atomic E-state index is 12.4. The van der Waals surface area contributed by atoms with Crippen LogP contribution in [0.15, 0.2) is 70.0 Å². The summed E-state index contributed by atoms with van der Waals surface area (Å²) >= 11 is 6.82. The molecule has 3 aromatic rings. The summed E-state index contributed by atoms with van der Waals surface area (Å²) in [6.45, 7) is 0.459. The van der Waals surface area contributed by atoms with Crippen LogP contribution in [0.5, 0.6) is 5.75 Å². The number of ether oxygens (including phenoxy) is 1. The summed E-state index contributed by atoms with van der Waals surface area (Å²) in [5.41, 5.74) is 2.47. The molecule has 0 unspecified atom stereocenters. The highest BCUT2D eigenvalue weighted by Crippen LogP contribution is 2.28. The maximum absolute atomic E-state index is 12.4. The molecule has 1 heterocycles. The highest BCUT2D eigenvalue weighted by Gasteiger charge is 2.16. The average molecular weight is 472 g/mol. The van der Waals surface area contributed by atoms with Gasteiger partial charge >= 0.3 is 0 Å². The predicted molar refractivity (Wildman–Crippen MR) is 121 cm³/mol. The lowest BCUT2D eigenvalue weighted by atomic mass is 10.1. The van der Waals surface area contributed by atoms with Crippen LogP contribution in [-0.4, -0.2) is 21.2 Å². The van der Waals surface area contributed by atoms with Crippen LogP contribution in [0.4, 0.5) is 5.69 Å². The molecule has 0 fully saturated rings. The molecule has 1 aromatic heterocycles. The van der Waals surface area contributed by atoms with E-state index in [1.165, 1.54) is 6.07 Å². The third kappa shape index (κ3) is 6.64. The molecular weight excluding hydrogens is 453 g/mol. The molecule has 0 saturated carbocycles. The topological polar surface area (TPSA) is 93.8 Å². The summed E-state index contributed by atoms with van der Waals surface area (Å²) < 4.78 is 33.6. The van der Waals surface area contributed by atoms with Crippen LogP contribution >= 0.6 is 35.3 Å². The number of hydrogen-bond acceptors (Lipinski definition) is 6. The summed E-state index contributed by atoms with van der Waals surface area (Å²) in [5, 5.41) is 3.49. The minimum absolute atomic E-state index is 0.